The molecule has 10 heteroatoms. The monoisotopic (exact) mass is 930 g/mol. The zero-order valence-corrected chi connectivity index (χ0v) is 39.6. The first-order valence-corrected chi connectivity index (χ1v) is 23.7. The van der Waals surface area contributed by atoms with Gasteiger partial charge in [0.2, 0.25) is 0 Å². The Morgan fingerprint density at radius 2 is 0.855 bits per heavy atom. The van der Waals surface area contributed by atoms with E-state index in [9.17, 15) is 14.4 Å². The van der Waals surface area contributed by atoms with Crippen molar-refractivity contribution in [1.29, 1.82) is 0 Å². The summed E-state index contributed by atoms with van der Waals surface area (Å²) in [4.78, 5) is 39.8. The number of hydrogen-bond donors (Lipinski definition) is 0. The van der Waals surface area contributed by atoms with Gasteiger partial charge >= 0.3 is 17.9 Å². The fraction of sp³-hybridized carbons (Fsp3) is 0.305. The standard InChI is InChI=1S/C59H62O10/c1-4-7-42-67-59(62)55-45-54(68-57(60)50-28-20-46(21-29-50)16-18-48-24-32-52(33-25-48)65-43-14-10-8-12-40-63-38-5-2)36-37-56(55)69-58(61)51-30-22-47(23-31-51)17-19-49-26-34-53(35-27-49)66-44-15-11-9-13-41-64-39-6-3/h5-6,20-37,45H,2-4,7-15,38-44H2,1H3. The van der Waals surface area contributed by atoms with E-state index in [2.05, 4.69) is 36.8 Å². The SMILES string of the molecule is C=CCOCCCCCCOc1ccc(C#Cc2ccc(C(=O)Oc3ccc(OC(=O)c4ccc(C#Cc5ccc(OCCCCCCOCC=C)cc5)cc4)c(C(=O)OCCCC)c3)cc2)cc1. The van der Waals surface area contributed by atoms with Gasteiger partial charge in [-0.15, -0.1) is 13.2 Å². The second-order valence-electron chi connectivity index (χ2n) is 15.9. The predicted molar refractivity (Wildman–Crippen MR) is 269 cm³/mol. The molecule has 0 heterocycles. The van der Waals surface area contributed by atoms with Crippen molar-refractivity contribution in [2.75, 3.05) is 46.2 Å². The van der Waals surface area contributed by atoms with Gasteiger partial charge in [-0.25, -0.2) is 14.4 Å². The van der Waals surface area contributed by atoms with E-state index in [0.717, 1.165) is 93.6 Å². The van der Waals surface area contributed by atoms with Gasteiger partial charge in [-0.3, -0.25) is 0 Å². The Bertz CT molecular complexity index is 2500. The Morgan fingerprint density at radius 3 is 1.29 bits per heavy atom. The van der Waals surface area contributed by atoms with Gasteiger partial charge < -0.3 is 33.2 Å². The van der Waals surface area contributed by atoms with Gasteiger partial charge in [0.1, 0.15) is 28.6 Å². The molecule has 0 unspecified atom stereocenters. The Kier molecular flexibility index (Phi) is 23.5. The maximum atomic E-state index is 13.3. The number of rotatable bonds is 28. The lowest BCUT2D eigenvalue weighted by molar-refractivity contribution is 0.0492. The number of carbonyl (C=O) groups is 3. The van der Waals surface area contributed by atoms with Crippen molar-refractivity contribution in [1.82, 2.24) is 0 Å². The molecule has 0 aliphatic carbocycles. The van der Waals surface area contributed by atoms with E-state index in [4.69, 9.17) is 33.2 Å². The molecule has 5 aromatic rings. The molecular weight excluding hydrogens is 869 g/mol. The third kappa shape index (κ3) is 19.8. The average Bonchev–Trinajstić information content (AvgIpc) is 3.38. The molecule has 0 amide bonds. The van der Waals surface area contributed by atoms with Crippen LogP contribution in [0.3, 0.4) is 0 Å². The van der Waals surface area contributed by atoms with Gasteiger partial charge in [-0.2, -0.15) is 0 Å². The van der Waals surface area contributed by atoms with Crippen LogP contribution in [0.1, 0.15) is 124 Å². The van der Waals surface area contributed by atoms with Crippen molar-refractivity contribution in [3.05, 3.63) is 180 Å². The minimum absolute atomic E-state index is 0.0412. The van der Waals surface area contributed by atoms with Crippen molar-refractivity contribution in [3.8, 4) is 46.7 Å². The summed E-state index contributed by atoms with van der Waals surface area (Å²) in [7, 11) is 0. The molecule has 0 N–H and O–H groups in total. The number of esters is 3. The van der Waals surface area contributed by atoms with Crippen LogP contribution in [0.15, 0.2) is 141 Å². The lowest BCUT2D eigenvalue weighted by atomic mass is 10.1. The molecule has 358 valence electrons. The largest absolute Gasteiger partial charge is 0.494 e. The molecule has 0 aliphatic rings. The first-order chi connectivity index (χ1) is 33.8. The number of hydrogen-bond acceptors (Lipinski definition) is 10. The minimum Gasteiger partial charge on any atom is -0.494 e. The van der Waals surface area contributed by atoms with E-state index >= 15 is 0 Å². The summed E-state index contributed by atoms with van der Waals surface area (Å²) in [5.74, 6) is 12.1. The van der Waals surface area contributed by atoms with Crippen LogP contribution in [0, 0.1) is 23.7 Å². The quantitative estimate of drug-likeness (QED) is 0.0158. The third-order valence-corrected chi connectivity index (χ3v) is 10.3. The Balaban J connectivity index is 1.11. The van der Waals surface area contributed by atoms with E-state index in [1.54, 1.807) is 60.7 Å². The van der Waals surface area contributed by atoms with Crippen LogP contribution in [0.4, 0.5) is 0 Å². The zero-order valence-electron chi connectivity index (χ0n) is 39.6. The Labute approximate surface area is 407 Å². The summed E-state index contributed by atoms with van der Waals surface area (Å²) in [6.07, 6.45) is 13.4. The van der Waals surface area contributed by atoms with E-state index in [1.807, 2.05) is 55.5 Å². The second kappa shape index (κ2) is 30.8. The molecule has 69 heavy (non-hydrogen) atoms. The zero-order chi connectivity index (χ0) is 48.7. The fourth-order valence-electron chi connectivity index (χ4n) is 6.50. The van der Waals surface area contributed by atoms with Gasteiger partial charge in [0, 0.05) is 35.5 Å². The van der Waals surface area contributed by atoms with Crippen LogP contribution in [-0.2, 0) is 14.2 Å². The molecule has 0 saturated carbocycles. The van der Waals surface area contributed by atoms with Crippen molar-refractivity contribution in [2.24, 2.45) is 0 Å². The highest BCUT2D eigenvalue weighted by Gasteiger charge is 2.21. The van der Waals surface area contributed by atoms with Crippen LogP contribution in [0.25, 0.3) is 0 Å². The fourth-order valence-corrected chi connectivity index (χ4v) is 6.50. The molecule has 0 atom stereocenters. The molecular formula is C59H62O10. The number of ether oxygens (including phenoxy) is 7. The summed E-state index contributed by atoms with van der Waals surface area (Å²) in [5, 5.41) is 0. The van der Waals surface area contributed by atoms with Crippen LogP contribution in [0.5, 0.6) is 23.0 Å². The Morgan fingerprint density at radius 1 is 0.449 bits per heavy atom. The predicted octanol–water partition coefficient (Wildman–Crippen LogP) is 12.2. The van der Waals surface area contributed by atoms with E-state index in [0.29, 0.717) is 44.0 Å². The molecule has 5 aromatic carbocycles. The van der Waals surface area contributed by atoms with Crippen LogP contribution in [-0.4, -0.2) is 64.2 Å². The molecule has 0 spiro atoms. The summed E-state index contributed by atoms with van der Waals surface area (Å²) in [6, 6.07) is 32.8. The van der Waals surface area contributed by atoms with Crippen molar-refractivity contribution >= 4 is 17.9 Å². The molecule has 0 fully saturated rings. The average molecular weight is 931 g/mol. The van der Waals surface area contributed by atoms with Crippen LogP contribution in [0.2, 0.25) is 0 Å². The van der Waals surface area contributed by atoms with Crippen LogP contribution >= 0.6 is 0 Å². The molecule has 5 rings (SSSR count). The maximum absolute atomic E-state index is 13.3. The van der Waals surface area contributed by atoms with Gasteiger partial charge in [-0.1, -0.05) is 62.0 Å². The molecule has 10 nitrogen and oxygen atoms in total. The first kappa shape index (κ1) is 52.6. The highest BCUT2D eigenvalue weighted by atomic mass is 16.6. The lowest BCUT2D eigenvalue weighted by Crippen LogP contribution is -2.14. The van der Waals surface area contributed by atoms with E-state index in [-0.39, 0.29) is 34.8 Å². The summed E-state index contributed by atoms with van der Waals surface area (Å²) < 4.78 is 39.4. The molecule has 0 saturated heterocycles. The molecule has 0 aromatic heterocycles. The second-order valence-corrected chi connectivity index (χ2v) is 15.9. The topological polar surface area (TPSA) is 116 Å². The highest BCUT2D eigenvalue weighted by Crippen LogP contribution is 2.27. The van der Waals surface area contributed by atoms with Crippen molar-refractivity contribution in [2.45, 2.75) is 71.1 Å². The number of carbonyl (C=O) groups excluding carboxylic acids is 3. The highest BCUT2D eigenvalue weighted by molar-refractivity contribution is 5.97. The third-order valence-electron chi connectivity index (χ3n) is 10.3. The van der Waals surface area contributed by atoms with Gasteiger partial charge in [0.05, 0.1) is 44.2 Å². The number of benzene rings is 5. The van der Waals surface area contributed by atoms with Crippen molar-refractivity contribution < 1.29 is 47.5 Å². The van der Waals surface area contributed by atoms with Gasteiger partial charge in [0.15, 0.2) is 0 Å². The van der Waals surface area contributed by atoms with Crippen molar-refractivity contribution in [3.63, 3.8) is 0 Å². The number of unbranched alkanes of at least 4 members (excludes halogenated alkanes) is 7. The molecule has 0 radical (unpaired) electrons. The summed E-state index contributed by atoms with van der Waals surface area (Å²) in [5.41, 5.74) is 3.52. The first-order valence-electron chi connectivity index (χ1n) is 23.7. The molecule has 0 aliphatic heterocycles. The lowest BCUT2D eigenvalue weighted by Gasteiger charge is -2.12. The normalized spacial score (nSPS) is 10.4. The minimum atomic E-state index is -0.718. The van der Waals surface area contributed by atoms with Crippen LogP contribution < -0.4 is 18.9 Å². The smallest absolute Gasteiger partial charge is 0.343 e. The van der Waals surface area contributed by atoms with Gasteiger partial charge in [-0.05, 0) is 160 Å². The van der Waals surface area contributed by atoms with Gasteiger partial charge in [0.25, 0.3) is 0 Å². The summed E-state index contributed by atoms with van der Waals surface area (Å²) in [6.45, 7) is 13.5. The Hall–Kier alpha value is -7.37. The van der Waals surface area contributed by atoms with E-state index < -0.39 is 17.9 Å². The van der Waals surface area contributed by atoms with E-state index in [1.165, 1.54) is 18.2 Å². The maximum Gasteiger partial charge on any atom is 0.343 e. The molecule has 0 bridgehead atoms. The summed E-state index contributed by atoms with van der Waals surface area (Å²) >= 11 is 0.